The summed E-state index contributed by atoms with van der Waals surface area (Å²) in [5.74, 6) is 2.07. The average Bonchev–Trinajstić information content (AvgIpc) is 3.39. The molecule has 1 aromatic rings. The molecule has 0 amide bonds. The molecule has 0 aliphatic heterocycles. The van der Waals surface area contributed by atoms with Gasteiger partial charge in [-0.05, 0) is 45.3 Å². The Labute approximate surface area is 184 Å². The first-order valence-electron chi connectivity index (χ1n) is 9.99. The zero-order valence-electron chi connectivity index (χ0n) is 16.5. The minimum atomic E-state index is 0. The van der Waals surface area contributed by atoms with Crippen molar-refractivity contribution in [3.05, 3.63) is 18.0 Å². The third-order valence-electron chi connectivity index (χ3n) is 5.13. The molecule has 0 bridgehead atoms. The molecule has 6 nitrogen and oxygen atoms in total. The smallest absolute Gasteiger partial charge is 0.191 e. The number of aryl methyl sites for hydroxylation is 1. The molecule has 152 valence electrons. The third-order valence-corrected chi connectivity index (χ3v) is 5.77. The Kier molecular flexibility index (Phi) is 9.95. The first-order chi connectivity index (χ1) is 12.8. The maximum Gasteiger partial charge on any atom is 0.191 e. The van der Waals surface area contributed by atoms with Crippen molar-refractivity contribution in [1.82, 2.24) is 25.4 Å². The van der Waals surface area contributed by atoms with Crippen LogP contribution < -0.4 is 10.6 Å². The van der Waals surface area contributed by atoms with E-state index >= 15 is 0 Å². The highest BCUT2D eigenvalue weighted by Crippen LogP contribution is 2.33. The normalized spacial score (nSPS) is 18.1. The van der Waals surface area contributed by atoms with Crippen molar-refractivity contribution in [2.45, 2.75) is 75.5 Å². The minimum absolute atomic E-state index is 0. The number of nitrogens with one attached hydrogen (secondary N) is 2. The van der Waals surface area contributed by atoms with E-state index in [0.717, 1.165) is 55.7 Å². The number of halogens is 1. The molecule has 2 aliphatic carbocycles. The summed E-state index contributed by atoms with van der Waals surface area (Å²) in [5.41, 5.74) is 0. The van der Waals surface area contributed by atoms with Crippen LogP contribution in [-0.4, -0.2) is 46.1 Å². The van der Waals surface area contributed by atoms with Gasteiger partial charge in [0.05, 0.1) is 0 Å². The highest BCUT2D eigenvalue weighted by atomic mass is 127. The second-order valence-corrected chi connectivity index (χ2v) is 7.83. The topological polar surface area (TPSA) is 67.1 Å². The molecule has 3 rings (SSSR count). The van der Waals surface area contributed by atoms with Gasteiger partial charge in [0.25, 0.3) is 0 Å². The molecule has 27 heavy (non-hydrogen) atoms. The van der Waals surface area contributed by atoms with Crippen LogP contribution in [0.3, 0.4) is 0 Å². The van der Waals surface area contributed by atoms with E-state index in [1.165, 1.54) is 25.7 Å². The van der Waals surface area contributed by atoms with Gasteiger partial charge in [-0.3, -0.25) is 4.99 Å². The van der Waals surface area contributed by atoms with Crippen molar-refractivity contribution in [2.24, 2.45) is 4.99 Å². The standard InChI is InChI=1S/C19H32N6S.HI/c1-3-20-18(22-15-9-4-5-10-15)21-14-8-13-17-23-24-19(26-2)25(17)16-11-6-7-12-16;/h4-5,15-16H,3,6-14H2,1-2H3,(H2,20,21,22);1H. The molecule has 0 spiro atoms. The molecule has 1 aromatic heterocycles. The van der Waals surface area contributed by atoms with Gasteiger partial charge < -0.3 is 15.2 Å². The van der Waals surface area contributed by atoms with Crippen LogP contribution in [0, 0.1) is 0 Å². The molecule has 1 fully saturated rings. The van der Waals surface area contributed by atoms with Gasteiger partial charge in [0, 0.05) is 31.6 Å². The van der Waals surface area contributed by atoms with E-state index in [-0.39, 0.29) is 24.0 Å². The molecule has 0 aromatic carbocycles. The van der Waals surface area contributed by atoms with Crippen molar-refractivity contribution in [3.63, 3.8) is 0 Å². The lowest BCUT2D eigenvalue weighted by Gasteiger charge is -2.17. The quantitative estimate of drug-likeness (QED) is 0.140. The van der Waals surface area contributed by atoms with Gasteiger partial charge in [-0.15, -0.1) is 34.2 Å². The monoisotopic (exact) mass is 504 g/mol. The third kappa shape index (κ3) is 6.37. The minimum Gasteiger partial charge on any atom is -0.357 e. The predicted molar refractivity (Wildman–Crippen MR) is 124 cm³/mol. The number of rotatable bonds is 8. The summed E-state index contributed by atoms with van der Waals surface area (Å²) in [6, 6.07) is 1.09. The van der Waals surface area contributed by atoms with Crippen LogP contribution in [-0.2, 0) is 6.42 Å². The Bertz CT molecular complexity index is 616. The fourth-order valence-corrected chi connectivity index (χ4v) is 4.40. The molecular formula is C19H33IN6S. The van der Waals surface area contributed by atoms with Crippen LogP contribution in [0.25, 0.3) is 0 Å². The summed E-state index contributed by atoms with van der Waals surface area (Å²) >= 11 is 1.71. The highest BCUT2D eigenvalue weighted by Gasteiger charge is 2.23. The first-order valence-corrected chi connectivity index (χ1v) is 11.2. The Balaban J connectivity index is 0.00000261. The predicted octanol–water partition coefficient (Wildman–Crippen LogP) is 3.94. The van der Waals surface area contributed by atoms with Crippen LogP contribution >= 0.6 is 35.7 Å². The highest BCUT2D eigenvalue weighted by molar-refractivity contribution is 14.0. The summed E-state index contributed by atoms with van der Waals surface area (Å²) in [7, 11) is 0. The van der Waals surface area contributed by atoms with Crippen LogP contribution in [0.5, 0.6) is 0 Å². The van der Waals surface area contributed by atoms with Crippen LogP contribution in [0.2, 0.25) is 0 Å². The summed E-state index contributed by atoms with van der Waals surface area (Å²) in [5, 5.41) is 16.8. The molecule has 8 heteroatoms. The molecule has 0 unspecified atom stereocenters. The van der Waals surface area contributed by atoms with E-state index < -0.39 is 0 Å². The lowest BCUT2D eigenvalue weighted by Crippen LogP contribution is -2.42. The molecule has 0 saturated heterocycles. The summed E-state index contributed by atoms with van der Waals surface area (Å²) in [4.78, 5) is 4.75. The summed E-state index contributed by atoms with van der Waals surface area (Å²) in [6.45, 7) is 3.80. The van der Waals surface area contributed by atoms with Crippen molar-refractivity contribution >= 4 is 41.7 Å². The number of nitrogens with zero attached hydrogens (tertiary/aromatic N) is 4. The SMILES string of the molecule is CCNC(=NCCCc1nnc(SC)n1C1CCCC1)NC1CC=CC1.I. The molecule has 2 aliphatic rings. The molecular weight excluding hydrogens is 471 g/mol. The number of thioether (sulfide) groups is 1. The van der Waals surface area contributed by atoms with E-state index in [1.807, 2.05) is 0 Å². The molecule has 2 N–H and O–H groups in total. The van der Waals surface area contributed by atoms with E-state index in [0.29, 0.717) is 12.1 Å². The Hall–Kier alpha value is -0.770. The zero-order chi connectivity index (χ0) is 18.2. The van der Waals surface area contributed by atoms with Gasteiger partial charge in [0.15, 0.2) is 11.1 Å². The molecule has 1 heterocycles. The second kappa shape index (κ2) is 11.9. The van der Waals surface area contributed by atoms with Gasteiger partial charge in [-0.2, -0.15) is 0 Å². The fourth-order valence-electron chi connectivity index (χ4n) is 3.82. The number of hydrogen-bond donors (Lipinski definition) is 2. The van der Waals surface area contributed by atoms with Crippen molar-refractivity contribution in [1.29, 1.82) is 0 Å². The second-order valence-electron chi connectivity index (χ2n) is 7.06. The average molecular weight is 504 g/mol. The van der Waals surface area contributed by atoms with Gasteiger partial charge in [0.2, 0.25) is 0 Å². The molecule has 0 atom stereocenters. The molecule has 0 radical (unpaired) electrons. The maximum atomic E-state index is 4.75. The van der Waals surface area contributed by atoms with Gasteiger partial charge >= 0.3 is 0 Å². The number of guanidine groups is 1. The number of aromatic nitrogens is 3. The van der Waals surface area contributed by atoms with Gasteiger partial charge in [-0.1, -0.05) is 36.8 Å². The van der Waals surface area contributed by atoms with Gasteiger partial charge in [0.1, 0.15) is 5.82 Å². The Morgan fingerprint density at radius 1 is 1.26 bits per heavy atom. The van der Waals surface area contributed by atoms with Crippen molar-refractivity contribution in [2.75, 3.05) is 19.3 Å². The van der Waals surface area contributed by atoms with Crippen LogP contribution in [0.15, 0.2) is 22.3 Å². The van der Waals surface area contributed by atoms with Gasteiger partial charge in [-0.25, -0.2) is 0 Å². The summed E-state index contributed by atoms with van der Waals surface area (Å²) < 4.78 is 2.40. The van der Waals surface area contributed by atoms with Crippen LogP contribution in [0.4, 0.5) is 0 Å². The van der Waals surface area contributed by atoms with Crippen molar-refractivity contribution in [3.8, 4) is 0 Å². The zero-order valence-corrected chi connectivity index (χ0v) is 19.6. The molecule has 1 saturated carbocycles. The van der Waals surface area contributed by atoms with E-state index in [2.05, 4.69) is 50.7 Å². The number of hydrogen-bond acceptors (Lipinski definition) is 4. The number of aliphatic imine (C=N–C) groups is 1. The van der Waals surface area contributed by atoms with E-state index in [1.54, 1.807) is 11.8 Å². The summed E-state index contributed by atoms with van der Waals surface area (Å²) in [6.07, 6.45) is 15.9. The lowest BCUT2D eigenvalue weighted by molar-refractivity contribution is 0.461. The van der Waals surface area contributed by atoms with E-state index in [4.69, 9.17) is 4.99 Å². The maximum absolute atomic E-state index is 4.75. The largest absolute Gasteiger partial charge is 0.357 e. The van der Waals surface area contributed by atoms with Crippen molar-refractivity contribution < 1.29 is 0 Å². The Morgan fingerprint density at radius 3 is 2.67 bits per heavy atom. The van der Waals surface area contributed by atoms with Crippen LogP contribution in [0.1, 0.15) is 63.7 Å². The Morgan fingerprint density at radius 2 is 2.00 bits per heavy atom. The first kappa shape index (κ1) is 22.5. The fraction of sp³-hybridized carbons (Fsp3) is 0.737. The lowest BCUT2D eigenvalue weighted by atomic mass is 10.2. The van der Waals surface area contributed by atoms with E-state index in [9.17, 15) is 0 Å².